The van der Waals surface area contributed by atoms with E-state index in [9.17, 15) is 14.9 Å². The van der Waals surface area contributed by atoms with Gasteiger partial charge >= 0.3 is 6.03 Å². The van der Waals surface area contributed by atoms with Gasteiger partial charge in [0.25, 0.3) is 5.69 Å². The number of nitrogens with zero attached hydrogens (tertiary/aromatic N) is 4. The zero-order valence-electron chi connectivity index (χ0n) is 22.6. The number of hydrogen-bond donors (Lipinski definition) is 3. The molecule has 202 valence electrons. The van der Waals surface area contributed by atoms with Crippen molar-refractivity contribution in [3.63, 3.8) is 0 Å². The van der Waals surface area contributed by atoms with Crippen LogP contribution < -0.4 is 16.0 Å². The lowest BCUT2D eigenvalue weighted by Gasteiger charge is -2.14. The maximum Gasteiger partial charge on any atom is 0.324 e. The molecule has 0 spiro atoms. The molecule has 5 rings (SSSR count). The first-order chi connectivity index (χ1) is 19.1. The van der Waals surface area contributed by atoms with Crippen molar-refractivity contribution in [2.45, 2.75) is 33.1 Å². The van der Waals surface area contributed by atoms with Crippen LogP contribution in [0.25, 0.3) is 16.6 Å². The first-order valence-electron chi connectivity index (χ1n) is 12.7. The number of nitro benzene ring substituents is 1. The van der Waals surface area contributed by atoms with Gasteiger partial charge in [-0.25, -0.2) is 9.48 Å². The fourth-order valence-electron chi connectivity index (χ4n) is 4.19. The van der Waals surface area contributed by atoms with Gasteiger partial charge in [0.15, 0.2) is 0 Å². The topological polar surface area (TPSA) is 127 Å². The lowest BCUT2D eigenvalue weighted by Crippen LogP contribution is -2.21. The number of aromatic nitrogens is 3. The number of pyridine rings is 1. The number of carbonyl (C=O) groups excluding carboxylic acids is 1. The molecule has 0 aliphatic carbocycles. The molecule has 0 atom stereocenters. The third kappa shape index (κ3) is 5.75. The van der Waals surface area contributed by atoms with Gasteiger partial charge in [-0.2, -0.15) is 5.10 Å². The molecule has 3 N–H and O–H groups in total. The molecule has 0 radical (unpaired) electrons. The number of nitrogens with one attached hydrogen (secondary N) is 3. The summed E-state index contributed by atoms with van der Waals surface area (Å²) in [5, 5.41) is 25.7. The number of carbonyl (C=O) groups is 1. The Hall–Kier alpha value is -5.25. The average molecular weight is 536 g/mol. The van der Waals surface area contributed by atoms with Crippen molar-refractivity contribution in [2.24, 2.45) is 0 Å². The van der Waals surface area contributed by atoms with E-state index in [-0.39, 0.29) is 11.1 Å². The lowest BCUT2D eigenvalue weighted by atomic mass is 9.92. The summed E-state index contributed by atoms with van der Waals surface area (Å²) in [4.78, 5) is 28.2. The highest BCUT2D eigenvalue weighted by Gasteiger charge is 2.21. The molecule has 0 saturated carbocycles. The summed E-state index contributed by atoms with van der Waals surface area (Å²) in [6.07, 6.45) is 1.63. The molecule has 10 nitrogen and oxygen atoms in total. The molecule has 40 heavy (non-hydrogen) atoms. The van der Waals surface area contributed by atoms with Crippen molar-refractivity contribution in [3.05, 3.63) is 106 Å². The number of anilines is 4. The van der Waals surface area contributed by atoms with Gasteiger partial charge in [-0.15, -0.1) is 0 Å². The van der Waals surface area contributed by atoms with Gasteiger partial charge in [-0.3, -0.25) is 20.4 Å². The molecule has 0 saturated heterocycles. The summed E-state index contributed by atoms with van der Waals surface area (Å²) < 4.78 is 1.73. The fourth-order valence-corrected chi connectivity index (χ4v) is 4.19. The normalized spacial score (nSPS) is 11.3. The van der Waals surface area contributed by atoms with Crippen LogP contribution in [0.5, 0.6) is 0 Å². The Morgan fingerprint density at radius 1 is 0.925 bits per heavy atom. The molecule has 2 amide bonds. The highest BCUT2D eigenvalue weighted by Crippen LogP contribution is 2.30. The van der Waals surface area contributed by atoms with E-state index in [1.165, 1.54) is 12.1 Å². The SMILES string of the molecule is Cc1ccc(-n2nc(C(C)(C)C)cc2NC(=O)Nc2cccc(Nc3ccnc4ccc([N+](=O)[O-])cc34)c2)cc1. The van der Waals surface area contributed by atoms with Crippen molar-refractivity contribution in [1.82, 2.24) is 14.8 Å². The third-order valence-electron chi connectivity index (χ3n) is 6.33. The summed E-state index contributed by atoms with van der Waals surface area (Å²) in [7, 11) is 0. The highest BCUT2D eigenvalue weighted by atomic mass is 16.6. The maximum atomic E-state index is 13.1. The fraction of sp³-hybridized carbons (Fsp3) is 0.167. The number of rotatable bonds is 6. The summed E-state index contributed by atoms with van der Waals surface area (Å²) in [5.74, 6) is 0.547. The molecule has 3 aromatic carbocycles. The Bertz CT molecular complexity index is 1720. The van der Waals surface area contributed by atoms with Crippen LogP contribution in [0.2, 0.25) is 0 Å². The van der Waals surface area contributed by atoms with Gasteiger partial charge in [0.05, 0.1) is 21.8 Å². The van der Waals surface area contributed by atoms with E-state index in [4.69, 9.17) is 5.10 Å². The minimum atomic E-state index is -0.436. The second kappa shape index (κ2) is 10.5. The number of hydrogen-bond acceptors (Lipinski definition) is 6. The zero-order valence-corrected chi connectivity index (χ0v) is 22.6. The van der Waals surface area contributed by atoms with E-state index >= 15 is 0 Å². The lowest BCUT2D eigenvalue weighted by molar-refractivity contribution is -0.384. The largest absolute Gasteiger partial charge is 0.355 e. The number of amides is 2. The first kappa shape index (κ1) is 26.4. The van der Waals surface area contributed by atoms with E-state index in [2.05, 4.69) is 41.7 Å². The van der Waals surface area contributed by atoms with Crippen LogP contribution in [0, 0.1) is 17.0 Å². The molecule has 0 aliphatic heterocycles. The van der Waals surface area contributed by atoms with E-state index < -0.39 is 11.0 Å². The number of benzene rings is 3. The Morgan fingerprint density at radius 2 is 1.68 bits per heavy atom. The third-order valence-corrected chi connectivity index (χ3v) is 6.33. The Balaban J connectivity index is 1.36. The van der Waals surface area contributed by atoms with Crippen molar-refractivity contribution in [1.29, 1.82) is 0 Å². The van der Waals surface area contributed by atoms with Crippen LogP contribution in [-0.2, 0) is 5.41 Å². The predicted molar refractivity (Wildman–Crippen MR) is 158 cm³/mol. The van der Waals surface area contributed by atoms with Crippen LogP contribution in [0.3, 0.4) is 0 Å². The molecular weight excluding hydrogens is 506 g/mol. The second-order valence-electron chi connectivity index (χ2n) is 10.5. The second-order valence-corrected chi connectivity index (χ2v) is 10.5. The van der Waals surface area contributed by atoms with Crippen LogP contribution in [-0.4, -0.2) is 25.7 Å². The Morgan fingerprint density at radius 3 is 2.40 bits per heavy atom. The predicted octanol–water partition coefficient (Wildman–Crippen LogP) is 7.32. The van der Waals surface area contributed by atoms with E-state index in [1.54, 1.807) is 41.2 Å². The highest BCUT2D eigenvalue weighted by molar-refractivity contribution is 6.00. The van der Waals surface area contributed by atoms with Crippen LogP contribution in [0.4, 0.5) is 33.4 Å². The van der Waals surface area contributed by atoms with Gasteiger partial charge in [0.1, 0.15) is 5.82 Å². The van der Waals surface area contributed by atoms with E-state index in [0.717, 1.165) is 16.9 Å². The van der Waals surface area contributed by atoms with Crippen LogP contribution >= 0.6 is 0 Å². The van der Waals surface area contributed by atoms with Crippen molar-refractivity contribution < 1.29 is 9.72 Å². The smallest absolute Gasteiger partial charge is 0.324 e. The summed E-state index contributed by atoms with van der Waals surface area (Å²) in [6.45, 7) is 8.23. The minimum absolute atomic E-state index is 0.0184. The molecule has 0 fully saturated rings. The monoisotopic (exact) mass is 535 g/mol. The first-order valence-corrected chi connectivity index (χ1v) is 12.7. The quantitative estimate of drug-likeness (QED) is 0.154. The Kier molecular flexibility index (Phi) is 6.91. The molecule has 5 aromatic rings. The Labute approximate surface area is 231 Å². The number of non-ortho nitro benzene ring substituents is 1. The summed E-state index contributed by atoms with van der Waals surface area (Å²) in [6, 6.07) is 22.9. The number of nitro groups is 1. The number of urea groups is 1. The van der Waals surface area contributed by atoms with Gasteiger partial charge in [-0.05, 0) is 49.4 Å². The van der Waals surface area contributed by atoms with Crippen molar-refractivity contribution in [3.8, 4) is 5.69 Å². The van der Waals surface area contributed by atoms with Crippen molar-refractivity contribution in [2.75, 3.05) is 16.0 Å². The molecular formula is C30H29N7O3. The average Bonchev–Trinajstić information content (AvgIpc) is 3.33. The maximum absolute atomic E-state index is 13.1. The van der Waals surface area contributed by atoms with Crippen LogP contribution in [0.1, 0.15) is 32.0 Å². The molecule has 2 aromatic heterocycles. The van der Waals surface area contributed by atoms with E-state index in [0.29, 0.717) is 33.8 Å². The number of fused-ring (bicyclic) bond motifs is 1. The minimum Gasteiger partial charge on any atom is -0.355 e. The van der Waals surface area contributed by atoms with Crippen molar-refractivity contribution >= 4 is 45.5 Å². The molecule has 0 aliphatic rings. The van der Waals surface area contributed by atoms with Gasteiger partial charge in [0, 0.05) is 52.3 Å². The van der Waals surface area contributed by atoms with Gasteiger partial charge in [-0.1, -0.05) is 44.5 Å². The standard InChI is InChI=1S/C30H29N7O3/c1-19-8-10-22(11-9-19)36-28(18-27(35-36)30(2,3)4)34-29(38)33-21-7-5-6-20(16-21)32-26-14-15-31-25-13-12-23(37(39)40)17-24(25)26/h5-18H,1-4H3,(H,31,32)(H2,33,34,38). The number of aryl methyl sites for hydroxylation is 1. The van der Waals surface area contributed by atoms with Gasteiger partial charge in [0.2, 0.25) is 0 Å². The van der Waals surface area contributed by atoms with Gasteiger partial charge < -0.3 is 10.6 Å². The van der Waals surface area contributed by atoms with Crippen LogP contribution in [0.15, 0.2) is 85.1 Å². The molecule has 0 bridgehead atoms. The molecule has 0 unspecified atom stereocenters. The summed E-state index contributed by atoms with van der Waals surface area (Å²) in [5.41, 5.74) is 5.13. The molecule has 10 heteroatoms. The zero-order chi connectivity index (χ0) is 28.4. The summed E-state index contributed by atoms with van der Waals surface area (Å²) >= 11 is 0. The molecule has 2 heterocycles. The van der Waals surface area contributed by atoms with E-state index in [1.807, 2.05) is 43.3 Å².